The van der Waals surface area contributed by atoms with Crippen LogP contribution in [0.2, 0.25) is 0 Å². The Balaban J connectivity index is 1.18. The van der Waals surface area contributed by atoms with E-state index in [0.717, 1.165) is 24.8 Å². The van der Waals surface area contributed by atoms with Gasteiger partial charge in [-0.1, -0.05) is 6.07 Å². The molecule has 1 aromatic carbocycles. The molecule has 4 aromatic rings. The number of hydrogen-bond acceptors (Lipinski definition) is 8. The Bertz CT molecular complexity index is 1620. The topological polar surface area (TPSA) is 157 Å². The highest BCUT2D eigenvalue weighted by Gasteiger charge is 2.52. The number of benzene rings is 1. The molecule has 0 unspecified atom stereocenters. The highest BCUT2D eigenvalue weighted by Crippen LogP contribution is 2.57. The van der Waals surface area contributed by atoms with Gasteiger partial charge in [-0.3, -0.25) is 18.8 Å². The minimum atomic E-state index is -0.662. The SMILES string of the molecule is Cn1nc(NCC23CCC(C(=O)O)(CC2)CC3)c2ncnc(C(=O)NCc3ccc4oc(=O)n(C)c4c3)c21. The summed E-state index contributed by atoms with van der Waals surface area (Å²) in [5.74, 6) is -0.883. The number of fused-ring (bicyclic) bond motifs is 5. The molecule has 0 aliphatic heterocycles. The average Bonchev–Trinajstić information content (AvgIpc) is 3.41. The molecule has 3 aromatic heterocycles. The van der Waals surface area contributed by atoms with Crippen molar-refractivity contribution >= 4 is 39.8 Å². The normalized spacial score (nSPS) is 22.7. The third-order valence-electron chi connectivity index (χ3n) is 8.63. The second kappa shape index (κ2) is 8.67. The van der Waals surface area contributed by atoms with Crippen molar-refractivity contribution in [2.75, 3.05) is 11.9 Å². The molecule has 3 fully saturated rings. The molecular formula is C26H29N7O5. The summed E-state index contributed by atoms with van der Waals surface area (Å²) < 4.78 is 8.19. The zero-order chi connectivity index (χ0) is 26.7. The van der Waals surface area contributed by atoms with Gasteiger partial charge in [0.25, 0.3) is 5.91 Å². The van der Waals surface area contributed by atoms with Gasteiger partial charge in [0.1, 0.15) is 17.4 Å². The fraction of sp³-hybridized carbons (Fsp3) is 0.462. The molecule has 198 valence electrons. The van der Waals surface area contributed by atoms with Crippen LogP contribution < -0.4 is 16.4 Å². The molecule has 12 heteroatoms. The predicted octanol–water partition coefficient (Wildman–Crippen LogP) is 2.58. The van der Waals surface area contributed by atoms with Crippen molar-refractivity contribution in [2.24, 2.45) is 24.9 Å². The molecule has 2 bridgehead atoms. The van der Waals surface area contributed by atoms with E-state index in [9.17, 15) is 19.5 Å². The van der Waals surface area contributed by atoms with E-state index in [1.165, 1.54) is 10.9 Å². The number of carbonyl (C=O) groups excluding carboxylic acids is 1. The summed E-state index contributed by atoms with van der Waals surface area (Å²) in [6.45, 7) is 0.919. The summed E-state index contributed by atoms with van der Waals surface area (Å²) >= 11 is 0. The minimum absolute atomic E-state index is 0.0495. The van der Waals surface area contributed by atoms with Gasteiger partial charge in [-0.25, -0.2) is 14.8 Å². The molecule has 3 heterocycles. The van der Waals surface area contributed by atoms with Gasteiger partial charge in [-0.2, -0.15) is 5.10 Å². The second-order valence-corrected chi connectivity index (χ2v) is 10.7. The van der Waals surface area contributed by atoms with Crippen LogP contribution in [0, 0.1) is 10.8 Å². The number of oxazole rings is 1. The van der Waals surface area contributed by atoms with Gasteiger partial charge in [-0.05, 0) is 61.6 Å². The van der Waals surface area contributed by atoms with Gasteiger partial charge < -0.3 is 20.2 Å². The van der Waals surface area contributed by atoms with Crippen LogP contribution in [0.5, 0.6) is 0 Å². The van der Waals surface area contributed by atoms with Crippen molar-refractivity contribution in [3.8, 4) is 0 Å². The smallest absolute Gasteiger partial charge is 0.419 e. The molecule has 3 aliphatic carbocycles. The van der Waals surface area contributed by atoms with Gasteiger partial charge >= 0.3 is 11.7 Å². The standard InChI is InChI=1S/C26H29N7O5/c1-32-16-11-15(3-4-17(16)38-24(32)37)12-27-22(34)19-20-18(29-14-30-19)21(31-33(20)2)28-13-25-5-8-26(9-6-25,10-7-25)23(35)36/h3-4,11,14H,5-10,12-13H2,1-2H3,(H,27,34)(H,28,31)(H,35,36). The van der Waals surface area contributed by atoms with Gasteiger partial charge in [0, 0.05) is 27.2 Å². The molecule has 0 atom stereocenters. The molecule has 38 heavy (non-hydrogen) atoms. The van der Waals surface area contributed by atoms with Crippen LogP contribution in [-0.2, 0) is 25.4 Å². The predicted molar refractivity (Wildman–Crippen MR) is 138 cm³/mol. The number of amides is 1. The monoisotopic (exact) mass is 519 g/mol. The minimum Gasteiger partial charge on any atom is -0.481 e. The number of hydrogen-bond donors (Lipinski definition) is 3. The van der Waals surface area contributed by atoms with Crippen molar-refractivity contribution in [2.45, 2.75) is 45.1 Å². The van der Waals surface area contributed by atoms with Gasteiger partial charge in [0.05, 0.1) is 10.9 Å². The van der Waals surface area contributed by atoms with Crippen molar-refractivity contribution in [1.82, 2.24) is 29.6 Å². The maximum atomic E-state index is 13.1. The van der Waals surface area contributed by atoms with E-state index in [1.807, 2.05) is 0 Å². The molecule has 3 N–H and O–H groups in total. The molecule has 3 aliphatic rings. The lowest BCUT2D eigenvalue weighted by Gasteiger charge is -2.51. The number of aliphatic carboxylic acids is 1. The second-order valence-electron chi connectivity index (χ2n) is 10.7. The quantitative estimate of drug-likeness (QED) is 0.334. The zero-order valence-electron chi connectivity index (χ0n) is 21.3. The Hall–Kier alpha value is -4.22. The van der Waals surface area contributed by atoms with E-state index >= 15 is 0 Å². The summed E-state index contributed by atoms with van der Waals surface area (Å²) in [6, 6.07) is 5.31. The summed E-state index contributed by atoms with van der Waals surface area (Å²) in [5.41, 5.74) is 2.75. The first-order chi connectivity index (χ1) is 18.2. The first-order valence-corrected chi connectivity index (χ1v) is 12.7. The van der Waals surface area contributed by atoms with Crippen molar-refractivity contribution in [3.05, 3.63) is 46.3 Å². The number of carbonyl (C=O) groups is 2. The third-order valence-corrected chi connectivity index (χ3v) is 8.63. The van der Waals surface area contributed by atoms with E-state index in [0.29, 0.717) is 53.8 Å². The number of aromatic nitrogens is 5. The first kappa shape index (κ1) is 24.1. The summed E-state index contributed by atoms with van der Waals surface area (Å²) in [4.78, 5) is 45.3. The zero-order valence-corrected chi connectivity index (χ0v) is 21.3. The Kier molecular flexibility index (Phi) is 5.51. The average molecular weight is 520 g/mol. The highest BCUT2D eigenvalue weighted by molar-refractivity contribution is 6.05. The van der Waals surface area contributed by atoms with Crippen LogP contribution in [0.1, 0.15) is 54.6 Å². The number of nitrogens with one attached hydrogen (secondary N) is 2. The van der Waals surface area contributed by atoms with Crippen LogP contribution >= 0.6 is 0 Å². The Morgan fingerprint density at radius 2 is 1.84 bits per heavy atom. The van der Waals surface area contributed by atoms with Gasteiger partial charge in [-0.15, -0.1) is 0 Å². The van der Waals surface area contributed by atoms with Crippen molar-refractivity contribution in [3.63, 3.8) is 0 Å². The summed E-state index contributed by atoms with van der Waals surface area (Å²) in [6.07, 6.45) is 6.11. The number of nitrogens with zero attached hydrogens (tertiary/aromatic N) is 5. The Labute approximate surface area is 217 Å². The highest BCUT2D eigenvalue weighted by atomic mass is 16.4. The van der Waals surface area contributed by atoms with Crippen LogP contribution in [0.4, 0.5) is 5.82 Å². The van der Waals surface area contributed by atoms with E-state index in [2.05, 4.69) is 25.7 Å². The number of anilines is 1. The number of rotatable bonds is 7. The molecule has 3 saturated carbocycles. The van der Waals surface area contributed by atoms with Crippen molar-refractivity contribution in [1.29, 1.82) is 0 Å². The number of carboxylic acid groups (broad SMARTS) is 1. The van der Waals surface area contributed by atoms with Crippen LogP contribution in [0.3, 0.4) is 0 Å². The molecule has 12 nitrogen and oxygen atoms in total. The third kappa shape index (κ3) is 3.82. The van der Waals surface area contributed by atoms with Crippen LogP contribution in [0.15, 0.2) is 33.7 Å². The summed E-state index contributed by atoms with van der Waals surface area (Å²) in [7, 11) is 3.38. The van der Waals surface area contributed by atoms with Crippen LogP contribution in [0.25, 0.3) is 22.1 Å². The Morgan fingerprint density at radius 3 is 2.55 bits per heavy atom. The molecule has 1 amide bonds. The number of carboxylic acids is 1. The molecule has 0 radical (unpaired) electrons. The lowest BCUT2D eigenvalue weighted by Crippen LogP contribution is -2.48. The number of aryl methyl sites for hydroxylation is 2. The van der Waals surface area contributed by atoms with Gasteiger partial charge in [0.15, 0.2) is 17.1 Å². The molecule has 0 saturated heterocycles. The van der Waals surface area contributed by atoms with E-state index in [-0.39, 0.29) is 23.6 Å². The fourth-order valence-corrected chi connectivity index (χ4v) is 6.06. The first-order valence-electron chi connectivity index (χ1n) is 12.7. The van der Waals surface area contributed by atoms with Gasteiger partial charge in [0.2, 0.25) is 0 Å². The molecule has 0 spiro atoms. The van der Waals surface area contributed by atoms with E-state index in [4.69, 9.17) is 4.42 Å². The van der Waals surface area contributed by atoms with Crippen molar-refractivity contribution < 1.29 is 19.1 Å². The van der Waals surface area contributed by atoms with E-state index in [1.54, 1.807) is 37.0 Å². The maximum Gasteiger partial charge on any atom is 0.419 e. The lowest BCUT2D eigenvalue weighted by molar-refractivity contribution is -0.158. The lowest BCUT2D eigenvalue weighted by atomic mass is 9.53. The largest absolute Gasteiger partial charge is 0.481 e. The summed E-state index contributed by atoms with van der Waals surface area (Å²) in [5, 5.41) is 20.6. The fourth-order valence-electron chi connectivity index (χ4n) is 6.06. The molecule has 7 rings (SSSR count). The maximum absolute atomic E-state index is 13.1. The van der Waals surface area contributed by atoms with Crippen LogP contribution in [-0.4, -0.2) is 47.8 Å². The Morgan fingerprint density at radius 1 is 1.11 bits per heavy atom. The molecular weight excluding hydrogens is 490 g/mol. The van der Waals surface area contributed by atoms with E-state index < -0.39 is 17.1 Å².